The van der Waals surface area contributed by atoms with E-state index in [-0.39, 0.29) is 31.4 Å². The fourth-order valence-corrected chi connectivity index (χ4v) is 11.7. The van der Waals surface area contributed by atoms with Gasteiger partial charge in [0.25, 0.3) is 8.32 Å². The quantitative estimate of drug-likeness (QED) is 0.0271. The molecule has 6 aromatic rings. The SMILES string of the molecule is CC(C)(C)[Si](OC[C@@H](OCc1ccccc1)[C@@H](OCc1ccccc1)[C@@H](/C=[N+](\[O-])Cc1ccccc1)OCc1ccccc1)(c1ccccc1)c1ccccc1. The molecule has 6 aromatic carbocycles. The number of hydrogen-bond acceptors (Lipinski definition) is 5. The zero-order valence-electron chi connectivity index (χ0n) is 32.7. The van der Waals surface area contributed by atoms with Crippen LogP contribution in [0.25, 0.3) is 0 Å². The number of nitrogens with zero attached hydrogens (tertiary/aromatic N) is 1. The van der Waals surface area contributed by atoms with Crippen molar-refractivity contribution in [2.45, 2.75) is 70.5 Å². The minimum absolute atomic E-state index is 0.158. The highest BCUT2D eigenvalue weighted by Gasteiger charge is 2.51. The molecule has 0 radical (unpaired) electrons. The molecule has 0 aliphatic carbocycles. The molecule has 0 heterocycles. The van der Waals surface area contributed by atoms with Gasteiger partial charge >= 0.3 is 0 Å². The second-order valence-electron chi connectivity index (χ2n) is 15.0. The van der Waals surface area contributed by atoms with Crippen LogP contribution < -0.4 is 10.4 Å². The van der Waals surface area contributed by atoms with Crippen LogP contribution in [0.5, 0.6) is 0 Å². The van der Waals surface area contributed by atoms with Gasteiger partial charge in [0.05, 0.1) is 26.4 Å². The van der Waals surface area contributed by atoms with Gasteiger partial charge < -0.3 is 23.8 Å². The smallest absolute Gasteiger partial charge is 0.261 e. The average Bonchev–Trinajstić information content (AvgIpc) is 3.23. The lowest BCUT2D eigenvalue weighted by Crippen LogP contribution is -2.67. The minimum Gasteiger partial charge on any atom is -0.624 e. The van der Waals surface area contributed by atoms with Crippen molar-refractivity contribution in [3.63, 3.8) is 0 Å². The maximum absolute atomic E-state index is 13.9. The third kappa shape index (κ3) is 11.0. The molecule has 0 unspecified atom stereocenters. The third-order valence-electron chi connectivity index (χ3n) is 9.94. The number of benzene rings is 6. The number of hydroxylamine groups is 1. The Kier molecular flexibility index (Phi) is 14.6. The lowest BCUT2D eigenvalue weighted by atomic mass is 10.1. The molecule has 0 saturated carbocycles. The van der Waals surface area contributed by atoms with Crippen LogP contribution in [0.3, 0.4) is 0 Å². The minimum atomic E-state index is -3.00. The van der Waals surface area contributed by atoms with Crippen molar-refractivity contribution < 1.29 is 23.4 Å². The van der Waals surface area contributed by atoms with E-state index in [1.807, 2.05) is 121 Å². The van der Waals surface area contributed by atoms with Crippen LogP contribution in [0, 0.1) is 5.21 Å². The molecule has 0 aromatic heterocycles. The Morgan fingerprint density at radius 3 is 1.32 bits per heavy atom. The van der Waals surface area contributed by atoms with Crippen molar-refractivity contribution in [3.05, 3.63) is 209 Å². The van der Waals surface area contributed by atoms with Gasteiger partial charge in [-0.1, -0.05) is 203 Å². The molecule has 0 spiro atoms. The molecule has 0 aliphatic rings. The van der Waals surface area contributed by atoms with E-state index in [4.69, 9.17) is 18.6 Å². The van der Waals surface area contributed by atoms with Gasteiger partial charge in [0.15, 0.2) is 18.9 Å². The first-order chi connectivity index (χ1) is 27.3. The fraction of sp³-hybridized carbons (Fsp3) is 0.245. The molecular formula is C49H53NO5Si. The van der Waals surface area contributed by atoms with Gasteiger partial charge in [-0.2, -0.15) is 0 Å². The Labute approximate surface area is 333 Å². The summed E-state index contributed by atoms with van der Waals surface area (Å²) in [7, 11) is -3.00. The summed E-state index contributed by atoms with van der Waals surface area (Å²) in [6, 6.07) is 61.1. The lowest BCUT2D eigenvalue weighted by molar-refractivity contribution is -0.473. The van der Waals surface area contributed by atoms with Gasteiger partial charge in [0.1, 0.15) is 12.2 Å². The summed E-state index contributed by atoms with van der Waals surface area (Å²) in [6.45, 7) is 8.02. The first-order valence-corrected chi connectivity index (χ1v) is 21.3. The fourth-order valence-electron chi connectivity index (χ4n) is 7.13. The van der Waals surface area contributed by atoms with Crippen LogP contribution in [0.4, 0.5) is 0 Å². The summed E-state index contributed by atoms with van der Waals surface area (Å²) in [6.07, 6.45) is -0.590. The maximum atomic E-state index is 13.9. The summed E-state index contributed by atoms with van der Waals surface area (Å²) < 4.78 is 29.1. The Balaban J connectivity index is 1.44. The van der Waals surface area contributed by atoms with Gasteiger partial charge in [-0.15, -0.1) is 0 Å². The predicted octanol–water partition coefficient (Wildman–Crippen LogP) is 9.10. The highest BCUT2D eigenvalue weighted by atomic mass is 28.4. The lowest BCUT2D eigenvalue weighted by Gasteiger charge is -2.44. The Bertz CT molecular complexity index is 1990. The van der Waals surface area contributed by atoms with Crippen molar-refractivity contribution in [2.24, 2.45) is 0 Å². The molecule has 6 nitrogen and oxygen atoms in total. The monoisotopic (exact) mass is 763 g/mol. The summed E-state index contributed by atoms with van der Waals surface area (Å²) in [5.74, 6) is 0. The van der Waals surface area contributed by atoms with Crippen LogP contribution in [0.1, 0.15) is 43.0 Å². The Hall–Kier alpha value is -5.15. The van der Waals surface area contributed by atoms with Crippen LogP contribution in [0.2, 0.25) is 5.04 Å². The van der Waals surface area contributed by atoms with Gasteiger partial charge in [0.2, 0.25) is 0 Å². The van der Waals surface area contributed by atoms with E-state index in [2.05, 4.69) is 81.4 Å². The van der Waals surface area contributed by atoms with E-state index in [1.165, 1.54) is 10.4 Å². The van der Waals surface area contributed by atoms with E-state index >= 15 is 0 Å². The van der Waals surface area contributed by atoms with E-state index in [9.17, 15) is 5.21 Å². The number of rotatable bonds is 19. The van der Waals surface area contributed by atoms with Crippen molar-refractivity contribution >= 4 is 24.9 Å². The first-order valence-electron chi connectivity index (χ1n) is 19.4. The van der Waals surface area contributed by atoms with E-state index < -0.39 is 26.6 Å². The third-order valence-corrected chi connectivity index (χ3v) is 14.9. The van der Waals surface area contributed by atoms with Crippen LogP contribution >= 0.6 is 0 Å². The molecule has 0 bridgehead atoms. The Morgan fingerprint density at radius 1 is 0.518 bits per heavy atom. The van der Waals surface area contributed by atoms with E-state index in [1.54, 1.807) is 6.21 Å². The van der Waals surface area contributed by atoms with Crippen LogP contribution in [-0.4, -0.2) is 44.2 Å². The van der Waals surface area contributed by atoms with Gasteiger partial charge in [-0.3, -0.25) is 0 Å². The molecule has 0 N–H and O–H groups in total. The first kappa shape index (κ1) is 40.5. The molecule has 56 heavy (non-hydrogen) atoms. The molecule has 0 aliphatic heterocycles. The normalized spacial score (nSPS) is 13.9. The van der Waals surface area contributed by atoms with E-state index in [0.717, 1.165) is 27.0 Å². The molecular weight excluding hydrogens is 711 g/mol. The Morgan fingerprint density at radius 2 is 0.893 bits per heavy atom. The summed E-state index contributed by atoms with van der Waals surface area (Å²) in [5.41, 5.74) is 3.90. The highest BCUT2D eigenvalue weighted by molar-refractivity contribution is 6.99. The van der Waals surface area contributed by atoms with Crippen LogP contribution in [0.15, 0.2) is 182 Å². The molecule has 288 valence electrons. The van der Waals surface area contributed by atoms with Crippen molar-refractivity contribution in [3.8, 4) is 0 Å². The van der Waals surface area contributed by atoms with E-state index in [0.29, 0.717) is 6.61 Å². The second kappa shape index (κ2) is 20.1. The second-order valence-corrected chi connectivity index (χ2v) is 19.3. The molecule has 6 rings (SSSR count). The van der Waals surface area contributed by atoms with Gasteiger partial charge in [-0.05, 0) is 32.1 Å². The molecule has 0 saturated heterocycles. The highest BCUT2D eigenvalue weighted by Crippen LogP contribution is 2.37. The maximum Gasteiger partial charge on any atom is 0.261 e. The molecule has 0 fully saturated rings. The molecule has 3 atom stereocenters. The standard InChI is InChI=1S/C49H53NO5Si/c1-49(2,3)56(44-30-18-8-19-31-44,45-32-20-9-21-33-45)55-39-47(53-37-42-26-14-6-15-27-42)48(54-38-43-28-16-7-17-29-43)46(52-36-41-24-12-5-13-25-41)35-50(51)34-40-22-10-4-11-23-40/h4-33,35,46-48H,34,36-39H2,1-3H3/b50-35-/t46-,47-,48+/m1/s1. The summed E-state index contributed by atoms with van der Waals surface area (Å²) in [4.78, 5) is 0. The zero-order valence-corrected chi connectivity index (χ0v) is 33.7. The van der Waals surface area contributed by atoms with Crippen molar-refractivity contribution in [1.82, 2.24) is 0 Å². The van der Waals surface area contributed by atoms with Crippen LogP contribution in [-0.2, 0) is 45.0 Å². The number of ether oxygens (including phenoxy) is 3. The predicted molar refractivity (Wildman–Crippen MR) is 228 cm³/mol. The zero-order chi connectivity index (χ0) is 39.1. The molecule has 0 amide bonds. The van der Waals surface area contributed by atoms with Gasteiger partial charge in [-0.25, -0.2) is 4.74 Å². The topological polar surface area (TPSA) is 63.0 Å². The largest absolute Gasteiger partial charge is 0.624 e. The summed E-state index contributed by atoms with van der Waals surface area (Å²) in [5, 5.41) is 16.0. The van der Waals surface area contributed by atoms with Crippen molar-refractivity contribution in [1.29, 1.82) is 0 Å². The number of hydrogen-bond donors (Lipinski definition) is 0. The van der Waals surface area contributed by atoms with Gasteiger partial charge in [0, 0.05) is 5.56 Å². The average molecular weight is 764 g/mol. The summed E-state index contributed by atoms with van der Waals surface area (Å²) >= 11 is 0. The van der Waals surface area contributed by atoms with Crippen molar-refractivity contribution in [2.75, 3.05) is 6.61 Å². The molecule has 7 heteroatoms.